The predicted octanol–water partition coefficient (Wildman–Crippen LogP) is 17.7. The minimum Gasteiger partial charge on any atom is -0.394 e. The molecule has 1 aliphatic heterocycles. The van der Waals surface area contributed by atoms with Crippen LogP contribution in [0.25, 0.3) is 0 Å². The molecule has 1 heterocycles. The number of carbonyl (C=O) groups excluding carboxylic acids is 1. The van der Waals surface area contributed by atoms with Crippen LogP contribution in [0.5, 0.6) is 0 Å². The molecule has 76 heavy (non-hydrogen) atoms. The zero-order chi connectivity index (χ0) is 55.0. The molecule has 0 spiro atoms. The summed E-state index contributed by atoms with van der Waals surface area (Å²) in [5.74, 6) is -0.169. The van der Waals surface area contributed by atoms with Crippen molar-refractivity contribution < 1.29 is 39.8 Å². The van der Waals surface area contributed by atoms with Gasteiger partial charge in [-0.25, -0.2) is 0 Å². The van der Waals surface area contributed by atoms with Gasteiger partial charge in [0.05, 0.1) is 25.4 Å². The molecule has 450 valence electrons. The molecule has 7 atom stereocenters. The topological polar surface area (TPSA) is 149 Å². The highest BCUT2D eigenvalue weighted by Gasteiger charge is 2.44. The van der Waals surface area contributed by atoms with Crippen molar-refractivity contribution in [2.45, 2.75) is 384 Å². The van der Waals surface area contributed by atoms with E-state index in [1.165, 1.54) is 283 Å². The van der Waals surface area contributed by atoms with Gasteiger partial charge in [0.15, 0.2) is 6.29 Å². The average molecular weight is 1080 g/mol. The second kappa shape index (κ2) is 56.9. The summed E-state index contributed by atoms with van der Waals surface area (Å²) < 4.78 is 11.3. The standard InChI is InChI=1S/C67H129NO8/c1-3-5-7-9-11-13-15-17-19-21-23-25-27-28-29-30-31-32-33-34-35-37-39-41-43-45-47-49-51-53-55-57-63(71)68-60(59-75-67-66(74)65(73)64(72)62(58-69)76-67)61(70)56-54-52-50-48-46-44-42-40-38-36-26-24-22-20-18-16-14-12-10-8-6-4-2/h21,23,54,56,60-62,64-67,69-70,72-74H,3-20,22,24-53,55,57-59H2,1-2H3,(H,68,71)/b23-21-,56-54+. The molecule has 0 aromatic carbocycles. The van der Waals surface area contributed by atoms with E-state index in [1.807, 2.05) is 6.08 Å². The van der Waals surface area contributed by atoms with E-state index in [1.54, 1.807) is 6.08 Å². The number of allylic oxidation sites excluding steroid dienone is 3. The Labute approximate surface area is 470 Å². The van der Waals surface area contributed by atoms with Crippen molar-refractivity contribution in [3.8, 4) is 0 Å². The summed E-state index contributed by atoms with van der Waals surface area (Å²) in [6.07, 6.45) is 67.0. The summed E-state index contributed by atoms with van der Waals surface area (Å²) in [5.41, 5.74) is 0. The van der Waals surface area contributed by atoms with Crippen molar-refractivity contribution in [1.82, 2.24) is 5.32 Å². The van der Waals surface area contributed by atoms with Crippen LogP contribution in [-0.4, -0.2) is 87.5 Å². The summed E-state index contributed by atoms with van der Waals surface area (Å²) in [6.45, 7) is 3.83. The van der Waals surface area contributed by atoms with E-state index in [4.69, 9.17) is 9.47 Å². The Morgan fingerprint density at radius 3 is 1.07 bits per heavy atom. The first kappa shape index (κ1) is 72.7. The molecular weight excluding hydrogens is 947 g/mol. The predicted molar refractivity (Wildman–Crippen MR) is 323 cm³/mol. The molecule has 7 unspecified atom stereocenters. The maximum absolute atomic E-state index is 13.1. The molecule has 1 fully saturated rings. The van der Waals surface area contributed by atoms with Gasteiger partial charge in [-0.1, -0.05) is 314 Å². The van der Waals surface area contributed by atoms with E-state index < -0.39 is 49.5 Å². The number of aliphatic hydroxyl groups is 5. The number of carbonyl (C=O) groups is 1. The van der Waals surface area contributed by atoms with Crippen molar-refractivity contribution >= 4 is 5.91 Å². The number of amides is 1. The fourth-order valence-corrected chi connectivity index (χ4v) is 11.0. The third-order valence-corrected chi connectivity index (χ3v) is 16.3. The zero-order valence-corrected chi connectivity index (χ0v) is 50.3. The Morgan fingerprint density at radius 2 is 0.737 bits per heavy atom. The van der Waals surface area contributed by atoms with Crippen molar-refractivity contribution in [2.75, 3.05) is 13.2 Å². The SMILES string of the molecule is CCCCCCCCCC/C=C\CCCCCCCCCCCCCCCCCCCCCC(=O)NC(COC1OC(CO)C(O)C(O)C1O)C(O)/C=C/CCCCCCCCCCCCCCCCCCCCCC. The molecule has 6 N–H and O–H groups in total. The first-order chi connectivity index (χ1) is 37.3. The van der Waals surface area contributed by atoms with Gasteiger partial charge in [-0.2, -0.15) is 0 Å². The second-order valence-electron chi connectivity index (χ2n) is 23.6. The van der Waals surface area contributed by atoms with E-state index in [9.17, 15) is 30.3 Å². The van der Waals surface area contributed by atoms with E-state index in [2.05, 4.69) is 31.3 Å². The Bertz CT molecular complexity index is 1250. The summed E-state index contributed by atoms with van der Waals surface area (Å²) >= 11 is 0. The number of nitrogens with one attached hydrogen (secondary N) is 1. The number of hydrogen-bond donors (Lipinski definition) is 6. The molecule has 1 aliphatic rings. The lowest BCUT2D eigenvalue weighted by atomic mass is 9.99. The van der Waals surface area contributed by atoms with Gasteiger partial charge in [0.1, 0.15) is 24.4 Å². The molecule has 0 aromatic heterocycles. The number of rotatable bonds is 59. The molecular formula is C67H129NO8. The van der Waals surface area contributed by atoms with Gasteiger partial charge in [-0.15, -0.1) is 0 Å². The maximum atomic E-state index is 13.1. The van der Waals surface area contributed by atoms with Crippen LogP contribution in [0.15, 0.2) is 24.3 Å². The van der Waals surface area contributed by atoms with Gasteiger partial charge in [0, 0.05) is 6.42 Å². The Morgan fingerprint density at radius 1 is 0.434 bits per heavy atom. The summed E-state index contributed by atoms with van der Waals surface area (Å²) in [7, 11) is 0. The fourth-order valence-electron chi connectivity index (χ4n) is 11.0. The zero-order valence-electron chi connectivity index (χ0n) is 50.3. The van der Waals surface area contributed by atoms with Gasteiger partial charge in [-0.05, 0) is 44.9 Å². The highest BCUT2D eigenvalue weighted by atomic mass is 16.7. The molecule has 9 heteroatoms. The minimum atomic E-state index is -1.57. The van der Waals surface area contributed by atoms with E-state index in [-0.39, 0.29) is 12.5 Å². The van der Waals surface area contributed by atoms with Crippen molar-refractivity contribution in [1.29, 1.82) is 0 Å². The number of hydrogen-bond acceptors (Lipinski definition) is 8. The first-order valence-electron chi connectivity index (χ1n) is 33.6. The molecule has 0 aromatic rings. The second-order valence-corrected chi connectivity index (χ2v) is 23.6. The van der Waals surface area contributed by atoms with E-state index in [0.29, 0.717) is 6.42 Å². The first-order valence-corrected chi connectivity index (χ1v) is 33.6. The van der Waals surface area contributed by atoms with Crippen molar-refractivity contribution in [2.24, 2.45) is 0 Å². The third-order valence-electron chi connectivity index (χ3n) is 16.3. The van der Waals surface area contributed by atoms with Gasteiger partial charge in [0.25, 0.3) is 0 Å². The highest BCUT2D eigenvalue weighted by Crippen LogP contribution is 2.23. The van der Waals surface area contributed by atoms with Crippen LogP contribution < -0.4 is 5.32 Å². The molecule has 0 aliphatic carbocycles. The normalized spacial score (nSPS) is 18.9. The minimum absolute atomic E-state index is 0.169. The molecule has 0 bridgehead atoms. The van der Waals surface area contributed by atoms with Gasteiger partial charge < -0.3 is 40.3 Å². The smallest absolute Gasteiger partial charge is 0.220 e. The average Bonchev–Trinajstić information content (AvgIpc) is 3.42. The molecule has 1 saturated heterocycles. The lowest BCUT2D eigenvalue weighted by molar-refractivity contribution is -0.302. The van der Waals surface area contributed by atoms with E-state index in [0.717, 1.165) is 38.5 Å². The van der Waals surface area contributed by atoms with Crippen LogP contribution in [0.1, 0.15) is 341 Å². The van der Waals surface area contributed by atoms with Crippen molar-refractivity contribution in [3.63, 3.8) is 0 Å². The summed E-state index contributed by atoms with van der Waals surface area (Å²) in [5, 5.41) is 54.7. The van der Waals surface area contributed by atoms with Gasteiger partial charge >= 0.3 is 0 Å². The number of ether oxygens (including phenoxy) is 2. The maximum Gasteiger partial charge on any atom is 0.220 e. The highest BCUT2D eigenvalue weighted by molar-refractivity contribution is 5.76. The van der Waals surface area contributed by atoms with Gasteiger partial charge in [-0.3, -0.25) is 4.79 Å². The van der Waals surface area contributed by atoms with E-state index >= 15 is 0 Å². The largest absolute Gasteiger partial charge is 0.394 e. The lowest BCUT2D eigenvalue weighted by Gasteiger charge is -2.40. The number of unbranched alkanes of at least 4 members (excludes halogenated alkanes) is 47. The van der Waals surface area contributed by atoms with Crippen molar-refractivity contribution in [3.05, 3.63) is 24.3 Å². The molecule has 0 saturated carbocycles. The third kappa shape index (κ3) is 45.4. The van der Waals surface area contributed by atoms with Crippen LogP contribution in [-0.2, 0) is 14.3 Å². The molecule has 1 rings (SSSR count). The molecule has 9 nitrogen and oxygen atoms in total. The monoisotopic (exact) mass is 1080 g/mol. The van der Waals surface area contributed by atoms with Crippen LogP contribution >= 0.6 is 0 Å². The quantitative estimate of drug-likeness (QED) is 0.0261. The van der Waals surface area contributed by atoms with Crippen LogP contribution in [0.2, 0.25) is 0 Å². The van der Waals surface area contributed by atoms with Crippen LogP contribution in [0.4, 0.5) is 0 Å². The Hall–Kier alpha value is -1.33. The Balaban J connectivity index is 2.13. The fraction of sp³-hybridized carbons (Fsp3) is 0.925. The van der Waals surface area contributed by atoms with Crippen LogP contribution in [0, 0.1) is 0 Å². The number of aliphatic hydroxyl groups excluding tert-OH is 5. The summed E-state index contributed by atoms with van der Waals surface area (Å²) in [4.78, 5) is 13.1. The molecule has 0 radical (unpaired) electrons. The summed E-state index contributed by atoms with van der Waals surface area (Å²) in [6, 6.07) is -0.803. The Kier molecular flexibility index (Phi) is 54.4. The van der Waals surface area contributed by atoms with Gasteiger partial charge in [0.2, 0.25) is 5.91 Å². The lowest BCUT2D eigenvalue weighted by Crippen LogP contribution is -2.60. The molecule has 1 amide bonds. The van der Waals surface area contributed by atoms with Crippen LogP contribution in [0.3, 0.4) is 0 Å².